The van der Waals surface area contributed by atoms with Crippen molar-refractivity contribution in [3.63, 3.8) is 0 Å². The van der Waals surface area contributed by atoms with Crippen molar-refractivity contribution in [2.75, 3.05) is 24.5 Å². The molecule has 142 valence electrons. The van der Waals surface area contributed by atoms with Crippen molar-refractivity contribution >= 4 is 17.5 Å². The Morgan fingerprint density at radius 3 is 2.48 bits per heavy atom. The number of aryl methyl sites for hydroxylation is 1. The van der Waals surface area contributed by atoms with Crippen molar-refractivity contribution in [2.24, 2.45) is 7.05 Å². The first-order valence-corrected chi connectivity index (χ1v) is 9.42. The first-order valence-electron chi connectivity index (χ1n) is 9.42. The average Bonchev–Trinajstić information content (AvgIpc) is 3.29. The molecule has 7 heteroatoms. The maximum atomic E-state index is 12.7. The number of anilines is 1. The summed E-state index contributed by atoms with van der Waals surface area (Å²) in [6.45, 7) is 1.94. The summed E-state index contributed by atoms with van der Waals surface area (Å²) in [5, 5.41) is 4.18. The Kier molecular flexibility index (Phi) is 4.94. The van der Waals surface area contributed by atoms with Crippen LogP contribution in [-0.2, 0) is 16.6 Å². The van der Waals surface area contributed by atoms with Gasteiger partial charge in [-0.25, -0.2) is 0 Å². The van der Waals surface area contributed by atoms with Gasteiger partial charge in [0.15, 0.2) is 0 Å². The molecule has 0 saturated carbocycles. The van der Waals surface area contributed by atoms with Gasteiger partial charge in [0, 0.05) is 45.0 Å². The second kappa shape index (κ2) is 7.52. The first-order chi connectivity index (χ1) is 13.1. The zero-order chi connectivity index (χ0) is 18.8. The highest BCUT2D eigenvalue weighted by atomic mass is 16.5. The molecule has 4 rings (SSSR count). The molecular weight excluding hydrogens is 344 g/mol. The quantitative estimate of drug-likeness (QED) is 0.826. The van der Waals surface area contributed by atoms with E-state index < -0.39 is 0 Å². The van der Waals surface area contributed by atoms with E-state index in [-0.39, 0.29) is 24.0 Å². The van der Waals surface area contributed by atoms with E-state index in [9.17, 15) is 9.59 Å². The van der Waals surface area contributed by atoms with E-state index in [2.05, 4.69) is 5.10 Å². The minimum atomic E-state index is -0.381. The van der Waals surface area contributed by atoms with Gasteiger partial charge < -0.3 is 14.5 Å². The molecule has 0 spiro atoms. The summed E-state index contributed by atoms with van der Waals surface area (Å²) in [4.78, 5) is 28.7. The molecule has 2 aliphatic rings. The van der Waals surface area contributed by atoms with E-state index in [4.69, 9.17) is 4.74 Å². The molecular formula is C20H24N4O3. The maximum absolute atomic E-state index is 12.7. The van der Waals surface area contributed by atoms with Gasteiger partial charge in [0.1, 0.15) is 11.8 Å². The Morgan fingerprint density at radius 1 is 1.07 bits per heavy atom. The Bertz CT molecular complexity index is 812. The van der Waals surface area contributed by atoms with E-state index in [1.807, 2.05) is 35.2 Å². The van der Waals surface area contributed by atoms with E-state index in [0.717, 1.165) is 18.5 Å². The fourth-order valence-corrected chi connectivity index (χ4v) is 3.76. The number of hydrogen-bond donors (Lipinski definition) is 0. The van der Waals surface area contributed by atoms with Gasteiger partial charge in [0.2, 0.25) is 0 Å². The normalized spacial score (nSPS) is 21.1. The second-order valence-electron chi connectivity index (χ2n) is 7.11. The summed E-state index contributed by atoms with van der Waals surface area (Å²) < 4.78 is 7.74. The highest BCUT2D eigenvalue weighted by Gasteiger charge is 2.36. The van der Waals surface area contributed by atoms with Crippen LogP contribution in [0.1, 0.15) is 29.8 Å². The van der Waals surface area contributed by atoms with Gasteiger partial charge >= 0.3 is 0 Å². The minimum absolute atomic E-state index is 0.0162. The number of para-hydroxylation sites is 1. The van der Waals surface area contributed by atoms with Gasteiger partial charge in [0.05, 0.1) is 6.10 Å². The summed E-state index contributed by atoms with van der Waals surface area (Å²) in [6, 6.07) is 11.4. The number of benzene rings is 1. The van der Waals surface area contributed by atoms with Crippen molar-refractivity contribution in [3.05, 3.63) is 48.3 Å². The van der Waals surface area contributed by atoms with Gasteiger partial charge in [-0.1, -0.05) is 18.2 Å². The molecule has 0 bridgehead atoms. The molecule has 2 aromatic rings. The van der Waals surface area contributed by atoms with Crippen LogP contribution in [-0.4, -0.2) is 58.3 Å². The molecule has 1 atom stereocenters. The SMILES string of the molecule is Cn1ccc(C(=O)N2CCC(OC3CCN(c4ccccc4)C3=O)CC2)n1. The Labute approximate surface area is 158 Å². The van der Waals surface area contributed by atoms with Crippen molar-refractivity contribution in [2.45, 2.75) is 31.5 Å². The van der Waals surface area contributed by atoms with Crippen molar-refractivity contribution in [3.8, 4) is 0 Å². The van der Waals surface area contributed by atoms with Crippen LogP contribution in [0.4, 0.5) is 5.69 Å². The number of nitrogens with zero attached hydrogens (tertiary/aromatic N) is 4. The number of aromatic nitrogens is 2. The van der Waals surface area contributed by atoms with E-state index >= 15 is 0 Å². The molecule has 0 aliphatic carbocycles. The summed E-state index contributed by atoms with van der Waals surface area (Å²) in [7, 11) is 1.80. The number of hydrogen-bond acceptors (Lipinski definition) is 4. The van der Waals surface area contributed by atoms with E-state index in [1.54, 1.807) is 28.9 Å². The number of carbonyl (C=O) groups excluding carboxylic acids is 2. The number of ether oxygens (including phenoxy) is 1. The van der Waals surface area contributed by atoms with Crippen LogP contribution >= 0.6 is 0 Å². The highest BCUT2D eigenvalue weighted by Crippen LogP contribution is 2.26. The Morgan fingerprint density at radius 2 is 1.81 bits per heavy atom. The Balaban J connectivity index is 1.29. The average molecular weight is 368 g/mol. The fraction of sp³-hybridized carbons (Fsp3) is 0.450. The molecule has 2 saturated heterocycles. The standard InChI is InChI=1S/C20H24N4O3/c1-22-11-9-17(21-22)19(25)23-12-7-16(8-13-23)27-18-10-14-24(20(18)26)15-5-3-2-4-6-15/h2-6,9,11,16,18H,7-8,10,12-14H2,1H3. The Hall–Kier alpha value is -2.67. The fourth-order valence-electron chi connectivity index (χ4n) is 3.76. The number of carbonyl (C=O) groups is 2. The lowest BCUT2D eigenvalue weighted by Gasteiger charge is -2.32. The van der Waals surface area contributed by atoms with Crippen LogP contribution in [0, 0.1) is 0 Å². The molecule has 2 fully saturated rings. The number of likely N-dealkylation sites (tertiary alicyclic amines) is 1. The molecule has 1 aromatic heterocycles. The summed E-state index contributed by atoms with van der Waals surface area (Å²) in [5.74, 6) is -0.00515. The van der Waals surface area contributed by atoms with Crippen LogP contribution in [0.25, 0.3) is 0 Å². The molecule has 1 aromatic carbocycles. The molecule has 3 heterocycles. The molecule has 0 N–H and O–H groups in total. The van der Waals surface area contributed by atoms with Crippen molar-refractivity contribution in [1.29, 1.82) is 0 Å². The van der Waals surface area contributed by atoms with Crippen LogP contribution in [0.15, 0.2) is 42.6 Å². The van der Waals surface area contributed by atoms with E-state index in [1.165, 1.54) is 0 Å². The topological polar surface area (TPSA) is 67.7 Å². The van der Waals surface area contributed by atoms with E-state index in [0.29, 0.717) is 31.7 Å². The van der Waals surface area contributed by atoms with Gasteiger partial charge in [-0.05, 0) is 31.0 Å². The summed E-state index contributed by atoms with van der Waals surface area (Å²) in [6.07, 6.45) is 3.60. The number of piperidine rings is 1. The lowest BCUT2D eigenvalue weighted by Crippen LogP contribution is -2.43. The first kappa shape index (κ1) is 17.7. The van der Waals surface area contributed by atoms with Crippen molar-refractivity contribution < 1.29 is 14.3 Å². The maximum Gasteiger partial charge on any atom is 0.274 e. The monoisotopic (exact) mass is 368 g/mol. The third-order valence-corrected chi connectivity index (χ3v) is 5.24. The van der Waals surface area contributed by atoms with Crippen LogP contribution < -0.4 is 4.90 Å². The molecule has 1 unspecified atom stereocenters. The number of rotatable bonds is 4. The predicted octanol–water partition coefficient (Wildman–Crippen LogP) is 1.85. The minimum Gasteiger partial charge on any atom is -0.365 e. The smallest absolute Gasteiger partial charge is 0.274 e. The highest BCUT2D eigenvalue weighted by molar-refractivity contribution is 5.98. The second-order valence-corrected chi connectivity index (χ2v) is 7.11. The van der Waals surface area contributed by atoms with Gasteiger partial charge in [0.25, 0.3) is 11.8 Å². The molecule has 7 nitrogen and oxygen atoms in total. The van der Waals surface area contributed by atoms with Gasteiger partial charge in [-0.15, -0.1) is 0 Å². The summed E-state index contributed by atoms with van der Waals surface area (Å²) >= 11 is 0. The zero-order valence-corrected chi connectivity index (χ0v) is 15.5. The molecule has 2 amide bonds. The largest absolute Gasteiger partial charge is 0.365 e. The number of amides is 2. The predicted molar refractivity (Wildman–Crippen MR) is 100 cm³/mol. The van der Waals surface area contributed by atoms with Crippen LogP contribution in [0.5, 0.6) is 0 Å². The lowest BCUT2D eigenvalue weighted by molar-refractivity contribution is -0.132. The third kappa shape index (κ3) is 3.73. The van der Waals surface area contributed by atoms with Gasteiger partial charge in [-0.3, -0.25) is 14.3 Å². The van der Waals surface area contributed by atoms with Crippen molar-refractivity contribution in [1.82, 2.24) is 14.7 Å². The lowest BCUT2D eigenvalue weighted by atomic mass is 10.1. The summed E-state index contributed by atoms with van der Waals surface area (Å²) in [5.41, 5.74) is 1.39. The third-order valence-electron chi connectivity index (χ3n) is 5.24. The van der Waals surface area contributed by atoms with Gasteiger partial charge in [-0.2, -0.15) is 5.10 Å². The molecule has 27 heavy (non-hydrogen) atoms. The zero-order valence-electron chi connectivity index (χ0n) is 15.5. The molecule has 2 aliphatic heterocycles. The molecule has 0 radical (unpaired) electrons. The van der Waals surface area contributed by atoms with Crippen LogP contribution in [0.3, 0.4) is 0 Å². The van der Waals surface area contributed by atoms with Crippen LogP contribution in [0.2, 0.25) is 0 Å².